The van der Waals surface area contributed by atoms with E-state index in [1.54, 1.807) is 12.1 Å². The summed E-state index contributed by atoms with van der Waals surface area (Å²) in [5.74, 6) is -0.615. The molecule has 0 saturated carbocycles. The van der Waals surface area contributed by atoms with Crippen LogP contribution in [0.2, 0.25) is 0 Å². The average molecular weight is 238 g/mol. The van der Waals surface area contributed by atoms with Gasteiger partial charge in [0.15, 0.2) is 5.78 Å². The Labute approximate surface area is 102 Å². The van der Waals surface area contributed by atoms with Crippen LogP contribution in [-0.4, -0.2) is 44.4 Å². The molecule has 0 unspecified atom stereocenters. The van der Waals surface area contributed by atoms with Crippen molar-refractivity contribution in [2.24, 2.45) is 0 Å². The quantitative estimate of drug-likeness (QED) is 0.578. The van der Waals surface area contributed by atoms with Crippen molar-refractivity contribution in [2.45, 2.75) is 6.42 Å². The first-order valence-corrected chi connectivity index (χ1v) is 5.76. The van der Waals surface area contributed by atoms with Crippen LogP contribution in [0.1, 0.15) is 16.8 Å². The highest BCUT2D eigenvalue weighted by atomic mass is 19.1. The Morgan fingerprint density at radius 3 is 2.76 bits per heavy atom. The zero-order chi connectivity index (χ0) is 12.7. The summed E-state index contributed by atoms with van der Waals surface area (Å²) in [7, 11) is 3.76. The predicted octanol–water partition coefficient (Wildman–Crippen LogP) is 1.55. The molecule has 0 aliphatic carbocycles. The van der Waals surface area contributed by atoms with Gasteiger partial charge in [-0.3, -0.25) is 9.69 Å². The van der Waals surface area contributed by atoms with Crippen LogP contribution in [0.3, 0.4) is 0 Å². The Bertz CT molecular complexity index is 368. The normalized spacial score (nSPS) is 10.8. The van der Waals surface area contributed by atoms with Crippen LogP contribution in [-0.2, 0) is 0 Å². The van der Waals surface area contributed by atoms with Crippen molar-refractivity contribution >= 4 is 5.78 Å². The lowest BCUT2D eigenvalue weighted by Gasteiger charge is -2.15. The van der Waals surface area contributed by atoms with Gasteiger partial charge in [0.25, 0.3) is 0 Å². The molecule has 4 heteroatoms. The van der Waals surface area contributed by atoms with E-state index in [0.717, 1.165) is 19.5 Å². The van der Waals surface area contributed by atoms with Crippen LogP contribution in [0, 0.1) is 5.82 Å². The second-order valence-corrected chi connectivity index (χ2v) is 4.10. The van der Waals surface area contributed by atoms with Gasteiger partial charge in [0.05, 0.1) is 12.1 Å². The van der Waals surface area contributed by atoms with Crippen molar-refractivity contribution in [3.8, 4) is 0 Å². The maximum absolute atomic E-state index is 13.3. The number of halogens is 1. The molecule has 0 aromatic heterocycles. The molecule has 0 atom stereocenters. The van der Waals surface area contributed by atoms with Crippen molar-refractivity contribution in [1.29, 1.82) is 0 Å². The summed E-state index contributed by atoms with van der Waals surface area (Å²) in [5.41, 5.74) is 0.174. The number of rotatable bonds is 7. The summed E-state index contributed by atoms with van der Waals surface area (Å²) >= 11 is 0. The third-order valence-corrected chi connectivity index (χ3v) is 2.55. The first-order chi connectivity index (χ1) is 8.15. The highest BCUT2D eigenvalue weighted by Gasteiger charge is 2.12. The second-order valence-electron chi connectivity index (χ2n) is 4.10. The molecule has 17 heavy (non-hydrogen) atoms. The third-order valence-electron chi connectivity index (χ3n) is 2.55. The van der Waals surface area contributed by atoms with Crippen molar-refractivity contribution in [2.75, 3.05) is 33.7 Å². The largest absolute Gasteiger partial charge is 0.320 e. The molecule has 0 heterocycles. The average Bonchev–Trinajstić information content (AvgIpc) is 2.29. The van der Waals surface area contributed by atoms with Crippen LogP contribution < -0.4 is 5.32 Å². The van der Waals surface area contributed by atoms with Crippen LogP contribution in [0.25, 0.3) is 0 Å². The molecule has 1 aromatic rings. The van der Waals surface area contributed by atoms with Crippen LogP contribution in [0.5, 0.6) is 0 Å². The van der Waals surface area contributed by atoms with Gasteiger partial charge >= 0.3 is 0 Å². The number of hydrogen-bond donors (Lipinski definition) is 1. The van der Waals surface area contributed by atoms with Gasteiger partial charge in [-0.2, -0.15) is 0 Å². The standard InChI is InChI=1S/C13H19FN2O/c1-15-8-5-9-16(2)10-13(17)11-6-3-4-7-12(11)14/h3-4,6-7,15H,5,8-10H2,1-2H3. The number of nitrogens with zero attached hydrogens (tertiary/aromatic N) is 1. The van der Waals surface area contributed by atoms with Crippen LogP contribution in [0.4, 0.5) is 4.39 Å². The first-order valence-electron chi connectivity index (χ1n) is 5.76. The van der Waals surface area contributed by atoms with Crippen molar-refractivity contribution in [1.82, 2.24) is 10.2 Å². The minimum absolute atomic E-state index is 0.171. The maximum atomic E-state index is 13.3. The summed E-state index contributed by atoms with van der Waals surface area (Å²) in [6.45, 7) is 1.99. The Kier molecular flexibility index (Phi) is 5.80. The van der Waals surface area contributed by atoms with Gasteiger partial charge in [0.2, 0.25) is 0 Å². The van der Waals surface area contributed by atoms with Crippen molar-refractivity contribution in [3.63, 3.8) is 0 Å². The molecular formula is C13H19FN2O. The number of ketones is 1. The highest BCUT2D eigenvalue weighted by Crippen LogP contribution is 2.07. The molecule has 0 radical (unpaired) electrons. The fraction of sp³-hybridized carbons (Fsp3) is 0.462. The molecule has 0 spiro atoms. The lowest BCUT2D eigenvalue weighted by atomic mass is 10.1. The van der Waals surface area contributed by atoms with Gasteiger partial charge < -0.3 is 5.32 Å². The summed E-state index contributed by atoms with van der Waals surface area (Å²) in [4.78, 5) is 13.7. The predicted molar refractivity (Wildman–Crippen MR) is 66.8 cm³/mol. The van der Waals surface area contributed by atoms with E-state index in [9.17, 15) is 9.18 Å². The second kappa shape index (κ2) is 7.14. The van der Waals surface area contributed by atoms with E-state index in [0.29, 0.717) is 0 Å². The third kappa shape index (κ3) is 4.63. The van der Waals surface area contributed by atoms with Crippen molar-refractivity contribution in [3.05, 3.63) is 35.6 Å². The molecule has 0 bridgehead atoms. The van der Waals surface area contributed by atoms with E-state index < -0.39 is 5.82 Å². The minimum Gasteiger partial charge on any atom is -0.320 e. The van der Waals surface area contributed by atoms with Gasteiger partial charge in [-0.25, -0.2) is 4.39 Å². The number of nitrogens with one attached hydrogen (secondary N) is 1. The van der Waals surface area contributed by atoms with Gasteiger partial charge in [-0.05, 0) is 45.7 Å². The molecule has 1 N–H and O–H groups in total. The number of benzene rings is 1. The number of carbonyl (C=O) groups excluding carboxylic acids is 1. The Balaban J connectivity index is 2.46. The topological polar surface area (TPSA) is 32.3 Å². The minimum atomic E-state index is -0.443. The molecule has 0 saturated heterocycles. The van der Waals surface area contributed by atoms with E-state index in [-0.39, 0.29) is 17.9 Å². The highest BCUT2D eigenvalue weighted by molar-refractivity contribution is 5.97. The molecule has 0 fully saturated rings. The molecule has 94 valence electrons. The summed E-state index contributed by atoms with van der Waals surface area (Å²) in [5, 5.41) is 3.05. The molecule has 0 aliphatic rings. The van der Waals surface area contributed by atoms with Crippen LogP contribution in [0.15, 0.2) is 24.3 Å². The molecular weight excluding hydrogens is 219 g/mol. The Morgan fingerprint density at radius 1 is 1.41 bits per heavy atom. The van der Waals surface area contributed by atoms with Gasteiger partial charge in [0, 0.05) is 0 Å². The first kappa shape index (κ1) is 13.8. The summed E-state index contributed by atoms with van der Waals surface area (Å²) in [6.07, 6.45) is 0.970. The molecule has 1 rings (SSSR count). The van der Waals surface area contributed by atoms with E-state index in [4.69, 9.17) is 0 Å². The lowest BCUT2D eigenvalue weighted by molar-refractivity contribution is 0.0942. The summed E-state index contributed by atoms with van der Waals surface area (Å²) in [6, 6.07) is 6.10. The number of hydrogen-bond acceptors (Lipinski definition) is 3. The zero-order valence-corrected chi connectivity index (χ0v) is 10.4. The number of Topliss-reactive ketones (excluding diaryl/α,β-unsaturated/α-hetero) is 1. The zero-order valence-electron chi connectivity index (χ0n) is 10.4. The molecule has 3 nitrogen and oxygen atoms in total. The van der Waals surface area contributed by atoms with E-state index >= 15 is 0 Å². The van der Waals surface area contributed by atoms with Gasteiger partial charge in [-0.15, -0.1) is 0 Å². The van der Waals surface area contributed by atoms with E-state index in [1.807, 2.05) is 19.0 Å². The van der Waals surface area contributed by atoms with Crippen LogP contribution >= 0.6 is 0 Å². The SMILES string of the molecule is CNCCCN(C)CC(=O)c1ccccc1F. The van der Waals surface area contributed by atoms with Gasteiger partial charge in [0.1, 0.15) is 5.82 Å². The monoisotopic (exact) mass is 238 g/mol. The Morgan fingerprint density at radius 2 is 2.12 bits per heavy atom. The molecule has 1 aromatic carbocycles. The number of likely N-dealkylation sites (N-methyl/N-ethyl adjacent to an activating group) is 1. The van der Waals surface area contributed by atoms with Crippen molar-refractivity contribution < 1.29 is 9.18 Å². The molecule has 0 aliphatic heterocycles. The fourth-order valence-corrected chi connectivity index (χ4v) is 1.62. The fourth-order valence-electron chi connectivity index (χ4n) is 1.62. The number of carbonyl (C=O) groups is 1. The van der Waals surface area contributed by atoms with Gasteiger partial charge in [-0.1, -0.05) is 12.1 Å². The molecule has 0 amide bonds. The summed E-state index contributed by atoms with van der Waals surface area (Å²) < 4.78 is 13.3. The van der Waals surface area contributed by atoms with E-state index in [2.05, 4.69) is 5.32 Å². The lowest BCUT2D eigenvalue weighted by Crippen LogP contribution is -2.29. The van der Waals surface area contributed by atoms with E-state index in [1.165, 1.54) is 12.1 Å². The smallest absolute Gasteiger partial charge is 0.179 e. The Hall–Kier alpha value is -1.26. The maximum Gasteiger partial charge on any atom is 0.179 e.